The molecule has 0 bridgehead atoms. The zero-order chi connectivity index (χ0) is 13.5. The van der Waals surface area contributed by atoms with Gasteiger partial charge in [0.25, 0.3) is 0 Å². The molecule has 1 rings (SSSR count). The summed E-state index contributed by atoms with van der Waals surface area (Å²) < 4.78 is 0. The third-order valence-corrected chi connectivity index (χ3v) is 3.67. The predicted molar refractivity (Wildman–Crippen MR) is 75.5 cm³/mol. The second-order valence-corrected chi connectivity index (χ2v) is 5.11. The number of thioether (sulfide) groups is 1. The van der Waals surface area contributed by atoms with E-state index in [9.17, 15) is 4.79 Å². The SMILES string of the molecule is CCN(CC)C(=O)CSc1ccc(C(C)N)nc1. The molecule has 18 heavy (non-hydrogen) atoms. The molecule has 1 aromatic rings. The average molecular weight is 267 g/mol. The molecule has 0 saturated heterocycles. The van der Waals surface area contributed by atoms with Gasteiger partial charge in [0.2, 0.25) is 5.91 Å². The van der Waals surface area contributed by atoms with Crippen LogP contribution in [-0.4, -0.2) is 34.6 Å². The normalized spacial score (nSPS) is 12.2. The van der Waals surface area contributed by atoms with Gasteiger partial charge in [0.15, 0.2) is 0 Å². The van der Waals surface area contributed by atoms with E-state index in [1.165, 1.54) is 11.8 Å². The van der Waals surface area contributed by atoms with E-state index in [-0.39, 0.29) is 11.9 Å². The molecule has 0 fully saturated rings. The van der Waals surface area contributed by atoms with Crippen molar-refractivity contribution >= 4 is 17.7 Å². The lowest BCUT2D eigenvalue weighted by molar-refractivity contribution is -0.127. The zero-order valence-corrected chi connectivity index (χ0v) is 12.0. The number of nitrogens with two attached hydrogens (primary N) is 1. The van der Waals surface area contributed by atoms with Crippen LogP contribution in [0.25, 0.3) is 0 Å². The first-order chi connectivity index (χ1) is 8.58. The van der Waals surface area contributed by atoms with E-state index in [1.807, 2.05) is 37.8 Å². The third-order valence-electron chi connectivity index (χ3n) is 2.70. The van der Waals surface area contributed by atoms with Crippen LogP contribution in [0.1, 0.15) is 32.5 Å². The lowest BCUT2D eigenvalue weighted by Crippen LogP contribution is -2.31. The molecular weight excluding hydrogens is 246 g/mol. The Kier molecular flexibility index (Phi) is 6.15. The molecule has 1 atom stereocenters. The van der Waals surface area contributed by atoms with Gasteiger partial charge >= 0.3 is 0 Å². The van der Waals surface area contributed by atoms with Crippen molar-refractivity contribution in [1.29, 1.82) is 0 Å². The smallest absolute Gasteiger partial charge is 0.232 e. The molecule has 0 aromatic carbocycles. The lowest BCUT2D eigenvalue weighted by Gasteiger charge is -2.18. The van der Waals surface area contributed by atoms with Gasteiger partial charge < -0.3 is 10.6 Å². The molecule has 5 heteroatoms. The van der Waals surface area contributed by atoms with Gasteiger partial charge in [-0.15, -0.1) is 11.8 Å². The molecule has 0 saturated carbocycles. The Balaban J connectivity index is 2.51. The fourth-order valence-electron chi connectivity index (χ4n) is 1.56. The molecule has 4 nitrogen and oxygen atoms in total. The van der Waals surface area contributed by atoms with Crippen LogP contribution in [0.2, 0.25) is 0 Å². The molecule has 0 radical (unpaired) electrons. The predicted octanol–water partition coefficient (Wildman–Crippen LogP) is 2.06. The monoisotopic (exact) mass is 267 g/mol. The Bertz CT molecular complexity index is 374. The van der Waals surface area contributed by atoms with E-state index in [0.29, 0.717) is 5.75 Å². The number of hydrogen-bond acceptors (Lipinski definition) is 4. The first kappa shape index (κ1) is 15.0. The van der Waals surface area contributed by atoms with E-state index in [4.69, 9.17) is 5.73 Å². The van der Waals surface area contributed by atoms with Gasteiger partial charge in [0, 0.05) is 30.2 Å². The molecule has 0 aliphatic heterocycles. The van der Waals surface area contributed by atoms with Crippen LogP contribution >= 0.6 is 11.8 Å². The Hall–Kier alpha value is -1.07. The number of rotatable bonds is 6. The maximum atomic E-state index is 11.8. The van der Waals surface area contributed by atoms with E-state index in [1.54, 1.807) is 6.20 Å². The number of aromatic nitrogens is 1. The van der Waals surface area contributed by atoms with Crippen LogP contribution < -0.4 is 5.73 Å². The summed E-state index contributed by atoms with van der Waals surface area (Å²) in [6.07, 6.45) is 1.78. The van der Waals surface area contributed by atoms with Crippen LogP contribution in [0.15, 0.2) is 23.2 Å². The van der Waals surface area contributed by atoms with Gasteiger partial charge in [0.1, 0.15) is 0 Å². The molecule has 100 valence electrons. The van der Waals surface area contributed by atoms with Gasteiger partial charge in [-0.2, -0.15) is 0 Å². The van der Waals surface area contributed by atoms with Crippen molar-refractivity contribution in [2.24, 2.45) is 5.73 Å². The first-order valence-corrected chi connectivity index (χ1v) is 7.19. The van der Waals surface area contributed by atoms with Gasteiger partial charge in [0.05, 0.1) is 11.4 Å². The van der Waals surface area contributed by atoms with Crippen molar-refractivity contribution in [3.05, 3.63) is 24.0 Å². The summed E-state index contributed by atoms with van der Waals surface area (Å²) in [6.45, 7) is 7.41. The Morgan fingerprint density at radius 1 is 1.44 bits per heavy atom. The van der Waals surface area contributed by atoms with E-state index in [2.05, 4.69) is 4.98 Å². The van der Waals surface area contributed by atoms with Crippen molar-refractivity contribution in [1.82, 2.24) is 9.88 Å². The van der Waals surface area contributed by atoms with Crippen LogP contribution in [0.4, 0.5) is 0 Å². The van der Waals surface area contributed by atoms with Gasteiger partial charge in [-0.1, -0.05) is 0 Å². The Labute approximate surface area is 113 Å². The molecular formula is C13H21N3OS. The number of nitrogens with zero attached hydrogens (tertiary/aromatic N) is 2. The molecule has 2 N–H and O–H groups in total. The minimum absolute atomic E-state index is 0.0543. The highest BCUT2D eigenvalue weighted by molar-refractivity contribution is 8.00. The molecule has 1 amide bonds. The van der Waals surface area contributed by atoms with Gasteiger partial charge in [-0.25, -0.2) is 0 Å². The summed E-state index contributed by atoms with van der Waals surface area (Å²) in [5.41, 5.74) is 6.60. The standard InChI is InChI=1S/C13H21N3OS/c1-4-16(5-2)13(17)9-18-11-6-7-12(10(3)14)15-8-11/h6-8,10H,4-5,9,14H2,1-3H3. The maximum Gasteiger partial charge on any atom is 0.232 e. The van der Waals surface area contributed by atoms with Crippen molar-refractivity contribution in [3.8, 4) is 0 Å². The number of carbonyl (C=O) groups excluding carboxylic acids is 1. The summed E-state index contributed by atoms with van der Waals surface area (Å²) in [7, 11) is 0. The zero-order valence-electron chi connectivity index (χ0n) is 11.2. The molecule has 0 aliphatic carbocycles. The largest absolute Gasteiger partial charge is 0.343 e. The highest BCUT2D eigenvalue weighted by Crippen LogP contribution is 2.18. The number of carbonyl (C=O) groups is 1. The van der Waals surface area contributed by atoms with Crippen molar-refractivity contribution < 1.29 is 4.79 Å². The van der Waals surface area contributed by atoms with Crippen LogP contribution in [0.3, 0.4) is 0 Å². The van der Waals surface area contributed by atoms with Crippen LogP contribution in [-0.2, 0) is 4.79 Å². The van der Waals surface area contributed by atoms with Gasteiger partial charge in [-0.3, -0.25) is 9.78 Å². The average Bonchev–Trinajstić information content (AvgIpc) is 2.38. The topological polar surface area (TPSA) is 59.2 Å². The van der Waals surface area contributed by atoms with Crippen molar-refractivity contribution in [2.75, 3.05) is 18.8 Å². The number of pyridine rings is 1. The second kappa shape index (κ2) is 7.38. The molecule has 1 heterocycles. The quantitative estimate of drug-likeness (QED) is 0.802. The van der Waals surface area contributed by atoms with Crippen LogP contribution in [0, 0.1) is 0 Å². The molecule has 1 aromatic heterocycles. The minimum atomic E-state index is -0.0543. The number of amides is 1. The summed E-state index contributed by atoms with van der Waals surface area (Å²) in [6, 6.07) is 3.82. The van der Waals surface area contributed by atoms with E-state index in [0.717, 1.165) is 23.7 Å². The fourth-order valence-corrected chi connectivity index (χ4v) is 2.32. The molecule has 0 spiro atoms. The summed E-state index contributed by atoms with van der Waals surface area (Å²) in [5, 5.41) is 0. The fraction of sp³-hybridized carbons (Fsp3) is 0.538. The summed E-state index contributed by atoms with van der Waals surface area (Å²) in [5.74, 6) is 0.627. The summed E-state index contributed by atoms with van der Waals surface area (Å²) in [4.78, 5) is 18.9. The molecule has 1 unspecified atom stereocenters. The maximum absolute atomic E-state index is 11.8. The van der Waals surface area contributed by atoms with Crippen molar-refractivity contribution in [2.45, 2.75) is 31.7 Å². The van der Waals surface area contributed by atoms with E-state index < -0.39 is 0 Å². The van der Waals surface area contributed by atoms with Gasteiger partial charge in [-0.05, 0) is 32.9 Å². The van der Waals surface area contributed by atoms with Crippen LogP contribution in [0.5, 0.6) is 0 Å². The van der Waals surface area contributed by atoms with Crippen molar-refractivity contribution in [3.63, 3.8) is 0 Å². The number of hydrogen-bond donors (Lipinski definition) is 1. The second-order valence-electron chi connectivity index (χ2n) is 4.06. The third kappa shape index (κ3) is 4.31. The Morgan fingerprint density at radius 2 is 2.11 bits per heavy atom. The lowest BCUT2D eigenvalue weighted by atomic mass is 10.2. The van der Waals surface area contributed by atoms with E-state index >= 15 is 0 Å². The Morgan fingerprint density at radius 3 is 2.56 bits per heavy atom. The summed E-state index contributed by atoms with van der Waals surface area (Å²) >= 11 is 1.51. The first-order valence-electron chi connectivity index (χ1n) is 6.20. The minimum Gasteiger partial charge on any atom is -0.343 e. The molecule has 0 aliphatic rings. The highest BCUT2D eigenvalue weighted by Gasteiger charge is 2.10. The highest BCUT2D eigenvalue weighted by atomic mass is 32.2.